The van der Waals surface area contributed by atoms with Crippen LogP contribution in [0.3, 0.4) is 0 Å². The van der Waals surface area contributed by atoms with Crippen molar-refractivity contribution in [1.82, 2.24) is 0 Å². The van der Waals surface area contributed by atoms with Crippen molar-refractivity contribution in [3.8, 4) is 17.6 Å². The number of phenols is 1. The van der Waals surface area contributed by atoms with E-state index in [0.29, 0.717) is 12.3 Å². The molecule has 0 aliphatic heterocycles. The van der Waals surface area contributed by atoms with Gasteiger partial charge in [-0.05, 0) is 29.8 Å². The minimum Gasteiger partial charge on any atom is -0.508 e. The van der Waals surface area contributed by atoms with E-state index >= 15 is 0 Å². The number of nitriles is 1. The fourth-order valence-corrected chi connectivity index (χ4v) is 1.64. The Bertz CT molecular complexity index is 573. The van der Waals surface area contributed by atoms with Crippen LogP contribution in [0.1, 0.15) is 5.56 Å². The van der Waals surface area contributed by atoms with E-state index in [1.165, 1.54) is 0 Å². The summed E-state index contributed by atoms with van der Waals surface area (Å²) in [6.07, 6.45) is 0. The summed E-state index contributed by atoms with van der Waals surface area (Å²) in [4.78, 5) is 0. The molecule has 2 N–H and O–H groups in total. The van der Waals surface area contributed by atoms with Crippen LogP contribution in [0.5, 0.6) is 11.5 Å². The van der Waals surface area contributed by atoms with E-state index in [1.807, 2.05) is 36.4 Å². The molecule has 0 bridgehead atoms. The number of nitrogens with one attached hydrogen (secondary N) is 1. The second-order valence-corrected chi connectivity index (χ2v) is 3.99. The van der Waals surface area contributed by atoms with Crippen LogP contribution in [0.2, 0.25) is 0 Å². The van der Waals surface area contributed by atoms with E-state index in [0.717, 1.165) is 11.3 Å². The van der Waals surface area contributed by atoms with Crippen molar-refractivity contribution in [2.45, 2.75) is 6.54 Å². The van der Waals surface area contributed by atoms with E-state index in [1.54, 1.807) is 18.2 Å². The van der Waals surface area contributed by atoms with Gasteiger partial charge in [-0.2, -0.15) is 5.26 Å². The number of aromatic hydroxyl groups is 1. The van der Waals surface area contributed by atoms with Gasteiger partial charge in [0.15, 0.2) is 6.61 Å². The molecular weight excluding hydrogens is 240 g/mol. The molecule has 4 nitrogen and oxygen atoms in total. The van der Waals surface area contributed by atoms with Crippen LogP contribution in [0.15, 0.2) is 48.5 Å². The molecule has 0 saturated heterocycles. The minimum absolute atomic E-state index is 0.0564. The molecule has 2 aromatic rings. The van der Waals surface area contributed by atoms with Crippen molar-refractivity contribution in [3.05, 3.63) is 54.1 Å². The molecular formula is C15H14N2O2. The molecule has 0 saturated carbocycles. The molecule has 2 aromatic carbocycles. The van der Waals surface area contributed by atoms with Crippen molar-refractivity contribution >= 4 is 5.69 Å². The van der Waals surface area contributed by atoms with Crippen LogP contribution in [0.4, 0.5) is 5.69 Å². The van der Waals surface area contributed by atoms with Crippen LogP contribution in [-0.2, 0) is 6.54 Å². The molecule has 96 valence electrons. The van der Waals surface area contributed by atoms with Gasteiger partial charge in [-0.15, -0.1) is 0 Å². The first kappa shape index (κ1) is 12.8. The third-order valence-corrected chi connectivity index (χ3v) is 2.57. The topological polar surface area (TPSA) is 65.3 Å². The number of hydrogen-bond donors (Lipinski definition) is 2. The van der Waals surface area contributed by atoms with E-state index in [9.17, 15) is 5.11 Å². The summed E-state index contributed by atoms with van der Waals surface area (Å²) in [6, 6.07) is 16.4. The summed E-state index contributed by atoms with van der Waals surface area (Å²) >= 11 is 0. The summed E-state index contributed by atoms with van der Waals surface area (Å²) in [6.45, 7) is 0.711. The summed E-state index contributed by atoms with van der Waals surface area (Å²) in [5, 5.41) is 21.0. The van der Waals surface area contributed by atoms with Gasteiger partial charge in [0.2, 0.25) is 0 Å². The zero-order valence-corrected chi connectivity index (χ0v) is 10.3. The van der Waals surface area contributed by atoms with Crippen molar-refractivity contribution < 1.29 is 9.84 Å². The lowest BCUT2D eigenvalue weighted by Crippen LogP contribution is -1.99. The van der Waals surface area contributed by atoms with Gasteiger partial charge in [-0.1, -0.05) is 18.2 Å². The van der Waals surface area contributed by atoms with Crippen molar-refractivity contribution in [3.63, 3.8) is 0 Å². The Hall–Kier alpha value is -2.67. The highest BCUT2D eigenvalue weighted by Crippen LogP contribution is 2.17. The first-order valence-electron chi connectivity index (χ1n) is 5.89. The number of hydrogen-bond acceptors (Lipinski definition) is 4. The van der Waals surface area contributed by atoms with E-state index in [4.69, 9.17) is 10.00 Å². The first-order valence-corrected chi connectivity index (χ1v) is 5.89. The van der Waals surface area contributed by atoms with Crippen molar-refractivity contribution in [2.24, 2.45) is 0 Å². The molecule has 19 heavy (non-hydrogen) atoms. The van der Waals surface area contributed by atoms with Gasteiger partial charge < -0.3 is 15.2 Å². The van der Waals surface area contributed by atoms with Crippen LogP contribution in [-0.4, -0.2) is 11.7 Å². The number of ether oxygens (including phenoxy) is 1. The summed E-state index contributed by atoms with van der Waals surface area (Å²) in [5.74, 6) is 0.924. The molecule has 0 spiro atoms. The number of nitrogens with zero attached hydrogens (tertiary/aromatic N) is 1. The minimum atomic E-state index is 0.0564. The van der Waals surface area contributed by atoms with Gasteiger partial charge in [0.25, 0.3) is 0 Å². The summed E-state index contributed by atoms with van der Waals surface area (Å²) in [7, 11) is 0. The normalized spacial score (nSPS) is 9.63. The molecule has 0 aliphatic rings. The smallest absolute Gasteiger partial charge is 0.174 e. The maximum Gasteiger partial charge on any atom is 0.174 e. The van der Waals surface area contributed by atoms with E-state index < -0.39 is 0 Å². The number of phenolic OH excluding ortho intramolecular Hbond substituents is 1. The Morgan fingerprint density at radius 2 is 1.95 bits per heavy atom. The van der Waals surface area contributed by atoms with Gasteiger partial charge in [0, 0.05) is 18.3 Å². The van der Waals surface area contributed by atoms with E-state index in [2.05, 4.69) is 5.32 Å². The zero-order valence-electron chi connectivity index (χ0n) is 10.3. The largest absolute Gasteiger partial charge is 0.508 e. The Morgan fingerprint density at radius 1 is 1.16 bits per heavy atom. The zero-order chi connectivity index (χ0) is 13.5. The highest BCUT2D eigenvalue weighted by molar-refractivity contribution is 5.48. The fraction of sp³-hybridized carbons (Fsp3) is 0.133. The predicted octanol–water partition coefficient (Wildman–Crippen LogP) is 2.91. The number of rotatable bonds is 5. The molecule has 0 aliphatic carbocycles. The van der Waals surface area contributed by atoms with Crippen LogP contribution >= 0.6 is 0 Å². The monoisotopic (exact) mass is 254 g/mol. The summed E-state index contributed by atoms with van der Waals surface area (Å²) in [5.41, 5.74) is 1.96. The first-order chi connectivity index (χ1) is 9.28. The Balaban J connectivity index is 1.91. The molecule has 0 aromatic heterocycles. The van der Waals surface area contributed by atoms with Crippen LogP contribution in [0, 0.1) is 11.3 Å². The predicted molar refractivity (Wildman–Crippen MR) is 73.0 cm³/mol. The molecule has 4 heteroatoms. The molecule has 0 fully saturated rings. The lowest BCUT2D eigenvalue weighted by molar-refractivity contribution is 0.368. The molecule has 0 heterocycles. The van der Waals surface area contributed by atoms with Crippen LogP contribution < -0.4 is 10.1 Å². The average molecular weight is 254 g/mol. The number of anilines is 1. The van der Waals surface area contributed by atoms with Crippen molar-refractivity contribution in [2.75, 3.05) is 11.9 Å². The summed E-state index contributed by atoms with van der Waals surface area (Å²) < 4.78 is 5.17. The Kier molecular flexibility index (Phi) is 4.25. The maximum absolute atomic E-state index is 9.35. The molecule has 0 amide bonds. The van der Waals surface area contributed by atoms with Crippen LogP contribution in [0.25, 0.3) is 0 Å². The van der Waals surface area contributed by atoms with Gasteiger partial charge >= 0.3 is 0 Å². The molecule has 0 unspecified atom stereocenters. The maximum atomic E-state index is 9.35. The van der Waals surface area contributed by atoms with Gasteiger partial charge in [-0.25, -0.2) is 0 Å². The highest BCUT2D eigenvalue weighted by atomic mass is 16.5. The number of benzene rings is 2. The van der Waals surface area contributed by atoms with Gasteiger partial charge in [-0.3, -0.25) is 0 Å². The Labute approximate surface area is 111 Å². The van der Waals surface area contributed by atoms with Crippen molar-refractivity contribution in [1.29, 1.82) is 5.26 Å². The Morgan fingerprint density at radius 3 is 2.63 bits per heavy atom. The second-order valence-electron chi connectivity index (χ2n) is 3.99. The second kappa shape index (κ2) is 6.31. The third kappa shape index (κ3) is 3.93. The van der Waals surface area contributed by atoms with Gasteiger partial charge in [0.1, 0.15) is 17.6 Å². The SMILES string of the molecule is N#CCOc1ccc(CNc2cccc(O)c2)cc1. The molecule has 0 atom stereocenters. The lowest BCUT2D eigenvalue weighted by Gasteiger charge is -2.08. The molecule has 2 rings (SSSR count). The van der Waals surface area contributed by atoms with Gasteiger partial charge in [0.05, 0.1) is 0 Å². The highest BCUT2D eigenvalue weighted by Gasteiger charge is 1.97. The quantitative estimate of drug-likeness (QED) is 0.861. The van der Waals surface area contributed by atoms with E-state index in [-0.39, 0.29) is 12.4 Å². The lowest BCUT2D eigenvalue weighted by atomic mass is 10.2. The fourth-order valence-electron chi connectivity index (χ4n) is 1.64. The third-order valence-electron chi connectivity index (χ3n) is 2.57. The average Bonchev–Trinajstić information content (AvgIpc) is 2.44. The standard InChI is InChI=1S/C15H14N2O2/c16-8-9-19-15-6-4-12(5-7-15)11-17-13-2-1-3-14(18)10-13/h1-7,10,17-18H,9,11H2. The molecule has 0 radical (unpaired) electrons.